The quantitative estimate of drug-likeness (QED) is 0.457. The number of hydrogen-bond donors (Lipinski definition) is 0. The van der Waals surface area contributed by atoms with Crippen molar-refractivity contribution in [3.63, 3.8) is 0 Å². The number of nitrogens with zero attached hydrogens (tertiary/aromatic N) is 2. The molecule has 1 aromatic carbocycles. The molecule has 0 unspecified atom stereocenters. The van der Waals surface area contributed by atoms with Crippen LogP contribution in [0.2, 0.25) is 0 Å². The van der Waals surface area contributed by atoms with Crippen LogP contribution in [0, 0.1) is 10.1 Å². The van der Waals surface area contributed by atoms with Crippen LogP contribution in [-0.2, 0) is 5.33 Å². The van der Waals surface area contributed by atoms with Crippen LogP contribution in [0.5, 0.6) is 0 Å². The maximum Gasteiger partial charge on any atom is 0.269 e. The molecule has 0 heterocycles. The average Bonchev–Trinajstić information content (AvgIpc) is 2.35. The lowest BCUT2D eigenvalue weighted by molar-refractivity contribution is -0.384. The molecule has 17 heavy (non-hydrogen) atoms. The van der Waals surface area contributed by atoms with E-state index in [1.54, 1.807) is 12.1 Å². The van der Waals surface area contributed by atoms with E-state index in [4.69, 9.17) is 0 Å². The topological polar surface area (TPSA) is 46.4 Å². The van der Waals surface area contributed by atoms with Gasteiger partial charge in [-0.1, -0.05) is 22.9 Å². The number of anilines is 1. The van der Waals surface area contributed by atoms with Gasteiger partial charge in [0.05, 0.1) is 4.92 Å². The third-order valence-corrected chi connectivity index (χ3v) is 3.24. The second-order valence-corrected chi connectivity index (χ2v) is 4.34. The number of hydrogen-bond acceptors (Lipinski definition) is 3. The molecule has 0 aliphatic carbocycles. The third kappa shape index (κ3) is 3.43. The Labute approximate surface area is 110 Å². The molecule has 1 aromatic rings. The Kier molecular flexibility index (Phi) is 5.41. The summed E-state index contributed by atoms with van der Waals surface area (Å²) >= 11 is 3.39. The van der Waals surface area contributed by atoms with E-state index in [9.17, 15) is 10.1 Å². The van der Waals surface area contributed by atoms with Crippen molar-refractivity contribution in [1.82, 2.24) is 0 Å². The first-order valence-corrected chi connectivity index (χ1v) is 6.84. The summed E-state index contributed by atoms with van der Waals surface area (Å²) < 4.78 is 0. The Morgan fingerprint density at radius 1 is 1.41 bits per heavy atom. The molecule has 0 aliphatic heterocycles. The Morgan fingerprint density at radius 2 is 2.12 bits per heavy atom. The van der Waals surface area contributed by atoms with Gasteiger partial charge in [0.1, 0.15) is 0 Å². The van der Waals surface area contributed by atoms with Crippen LogP contribution >= 0.6 is 15.9 Å². The molecule has 0 N–H and O–H groups in total. The molecule has 5 heteroatoms. The van der Waals surface area contributed by atoms with Crippen LogP contribution in [0.25, 0.3) is 0 Å². The molecule has 0 saturated carbocycles. The molecule has 0 fully saturated rings. The predicted molar refractivity (Wildman–Crippen MR) is 73.9 cm³/mol. The van der Waals surface area contributed by atoms with Gasteiger partial charge in [-0.2, -0.15) is 0 Å². The van der Waals surface area contributed by atoms with Gasteiger partial charge in [0, 0.05) is 36.2 Å². The van der Waals surface area contributed by atoms with Crippen molar-refractivity contribution in [1.29, 1.82) is 0 Å². The summed E-state index contributed by atoms with van der Waals surface area (Å²) in [4.78, 5) is 12.6. The predicted octanol–water partition coefficient (Wildman–Crippen LogP) is 3.73. The molecule has 1 rings (SSSR count). The number of halogens is 1. The number of alkyl halides is 1. The lowest BCUT2D eigenvalue weighted by atomic mass is 10.1. The molecule has 94 valence electrons. The van der Waals surface area contributed by atoms with Gasteiger partial charge in [-0.15, -0.1) is 0 Å². The first-order chi connectivity index (χ1) is 8.13. The minimum atomic E-state index is -0.355. The zero-order valence-corrected chi connectivity index (χ0v) is 11.7. The van der Waals surface area contributed by atoms with E-state index in [1.807, 2.05) is 6.07 Å². The van der Waals surface area contributed by atoms with Gasteiger partial charge in [-0.3, -0.25) is 10.1 Å². The fraction of sp³-hybridized carbons (Fsp3) is 0.500. The highest BCUT2D eigenvalue weighted by atomic mass is 79.9. The molecule has 0 bridgehead atoms. The maximum absolute atomic E-state index is 10.7. The monoisotopic (exact) mass is 300 g/mol. The minimum Gasteiger partial charge on any atom is -0.372 e. The zero-order chi connectivity index (χ0) is 12.8. The smallest absolute Gasteiger partial charge is 0.269 e. The number of nitro groups is 1. The Balaban J connectivity index is 3.10. The van der Waals surface area contributed by atoms with Crippen molar-refractivity contribution in [2.45, 2.75) is 25.6 Å². The fourth-order valence-corrected chi connectivity index (χ4v) is 2.27. The van der Waals surface area contributed by atoms with Crippen LogP contribution in [0.1, 0.15) is 25.8 Å². The Bertz CT molecular complexity index is 396. The minimum absolute atomic E-state index is 0.149. The molecule has 0 atom stereocenters. The highest BCUT2D eigenvalue weighted by molar-refractivity contribution is 9.08. The van der Waals surface area contributed by atoms with Crippen LogP contribution in [0.4, 0.5) is 11.4 Å². The van der Waals surface area contributed by atoms with Crippen molar-refractivity contribution in [2.24, 2.45) is 0 Å². The second-order valence-electron chi connectivity index (χ2n) is 3.78. The van der Waals surface area contributed by atoms with Crippen LogP contribution in [0.3, 0.4) is 0 Å². The molecule has 0 aliphatic rings. The standard InChI is InChI=1S/C12H17BrN2O2/c1-3-7-14(4-2)12-6-5-11(15(16)17)8-10(12)9-13/h5-6,8H,3-4,7,9H2,1-2H3. The highest BCUT2D eigenvalue weighted by Gasteiger charge is 2.13. The second kappa shape index (κ2) is 6.59. The van der Waals surface area contributed by atoms with Gasteiger partial charge in [-0.05, 0) is 25.0 Å². The first-order valence-electron chi connectivity index (χ1n) is 5.72. The van der Waals surface area contributed by atoms with Gasteiger partial charge in [-0.25, -0.2) is 0 Å². The van der Waals surface area contributed by atoms with Crippen LogP contribution in [0.15, 0.2) is 18.2 Å². The normalized spacial score (nSPS) is 10.3. The summed E-state index contributed by atoms with van der Waals surface area (Å²) in [5, 5.41) is 11.4. The number of non-ortho nitro benzene ring substituents is 1. The average molecular weight is 301 g/mol. The molecule has 0 radical (unpaired) electrons. The van der Waals surface area contributed by atoms with E-state index in [0.29, 0.717) is 5.33 Å². The van der Waals surface area contributed by atoms with E-state index in [-0.39, 0.29) is 10.6 Å². The lowest BCUT2D eigenvalue weighted by Gasteiger charge is -2.24. The van der Waals surface area contributed by atoms with Gasteiger partial charge >= 0.3 is 0 Å². The molecular formula is C12H17BrN2O2. The number of rotatable bonds is 6. The van der Waals surface area contributed by atoms with Crippen LogP contribution in [-0.4, -0.2) is 18.0 Å². The van der Waals surface area contributed by atoms with Crippen molar-refractivity contribution < 1.29 is 4.92 Å². The van der Waals surface area contributed by atoms with Gasteiger partial charge in [0.2, 0.25) is 0 Å². The van der Waals surface area contributed by atoms with Crippen molar-refractivity contribution >= 4 is 27.3 Å². The highest BCUT2D eigenvalue weighted by Crippen LogP contribution is 2.27. The number of nitro benzene ring substituents is 1. The summed E-state index contributed by atoms with van der Waals surface area (Å²) in [6, 6.07) is 5.05. The third-order valence-electron chi connectivity index (χ3n) is 2.63. The summed E-state index contributed by atoms with van der Waals surface area (Å²) in [7, 11) is 0. The van der Waals surface area contributed by atoms with Gasteiger partial charge in [0.15, 0.2) is 0 Å². The largest absolute Gasteiger partial charge is 0.372 e. The maximum atomic E-state index is 10.7. The van der Waals surface area contributed by atoms with E-state index in [2.05, 4.69) is 34.7 Å². The van der Waals surface area contributed by atoms with Gasteiger partial charge < -0.3 is 4.90 Å². The molecule has 4 nitrogen and oxygen atoms in total. The molecule has 0 aromatic heterocycles. The van der Waals surface area contributed by atoms with Crippen molar-refractivity contribution in [3.8, 4) is 0 Å². The lowest BCUT2D eigenvalue weighted by Crippen LogP contribution is -2.24. The van der Waals surface area contributed by atoms with Crippen molar-refractivity contribution in [2.75, 3.05) is 18.0 Å². The first kappa shape index (κ1) is 14.0. The van der Waals surface area contributed by atoms with Gasteiger partial charge in [0.25, 0.3) is 5.69 Å². The van der Waals surface area contributed by atoms with E-state index in [0.717, 1.165) is 30.8 Å². The summed E-state index contributed by atoms with van der Waals surface area (Å²) in [5.41, 5.74) is 2.20. The van der Waals surface area contributed by atoms with E-state index < -0.39 is 0 Å². The summed E-state index contributed by atoms with van der Waals surface area (Å²) in [6.07, 6.45) is 1.06. The van der Waals surface area contributed by atoms with Crippen molar-refractivity contribution in [3.05, 3.63) is 33.9 Å². The number of benzene rings is 1. The SMILES string of the molecule is CCCN(CC)c1ccc([N+](=O)[O-])cc1CBr. The van der Waals surface area contributed by atoms with E-state index >= 15 is 0 Å². The zero-order valence-electron chi connectivity index (χ0n) is 10.1. The Morgan fingerprint density at radius 3 is 2.59 bits per heavy atom. The Hall–Kier alpha value is -1.10. The van der Waals surface area contributed by atoms with Crippen LogP contribution < -0.4 is 4.90 Å². The molecule has 0 amide bonds. The fourth-order valence-electron chi connectivity index (χ4n) is 1.82. The molecule has 0 spiro atoms. The molecular weight excluding hydrogens is 284 g/mol. The summed E-state index contributed by atoms with van der Waals surface area (Å²) in [6.45, 7) is 6.09. The van der Waals surface area contributed by atoms with E-state index in [1.165, 1.54) is 0 Å². The summed E-state index contributed by atoms with van der Waals surface area (Å²) in [5.74, 6) is 0. The molecule has 0 saturated heterocycles.